The molecular weight excluding hydrogens is 238 g/mol. The van der Waals surface area contributed by atoms with Gasteiger partial charge in [-0.2, -0.15) is 0 Å². The fourth-order valence-electron chi connectivity index (χ4n) is 0.979. The molecule has 0 bridgehead atoms. The Morgan fingerprint density at radius 3 is 2.62 bits per heavy atom. The van der Waals surface area contributed by atoms with Gasteiger partial charge < -0.3 is 11.5 Å². The van der Waals surface area contributed by atoms with Crippen molar-refractivity contribution in [2.24, 2.45) is 5.73 Å². The van der Waals surface area contributed by atoms with Gasteiger partial charge in [0.15, 0.2) is 0 Å². The van der Waals surface area contributed by atoms with Crippen LogP contribution in [0.3, 0.4) is 0 Å². The second-order valence-corrected chi connectivity index (χ2v) is 3.37. The molecule has 0 atom stereocenters. The number of hydrogen-bond acceptors (Lipinski definition) is 4. The number of nitrogen functional groups attached to an aromatic ring is 1. The van der Waals surface area contributed by atoms with Crippen LogP contribution >= 0.6 is 15.9 Å². The van der Waals surface area contributed by atoms with Crippen LogP contribution in [-0.2, 0) is 6.54 Å². The van der Waals surface area contributed by atoms with Crippen molar-refractivity contribution in [1.29, 1.82) is 0 Å². The van der Waals surface area contributed by atoms with Gasteiger partial charge in [0.2, 0.25) is 0 Å². The number of nitrogens with two attached hydrogens (primary N) is 2. The Kier molecular flexibility index (Phi) is 2.84. The summed E-state index contributed by atoms with van der Waals surface area (Å²) in [5, 5.41) is 10.5. The van der Waals surface area contributed by atoms with Gasteiger partial charge in [-0.15, -0.1) is 0 Å². The molecule has 0 aromatic heterocycles. The van der Waals surface area contributed by atoms with Gasteiger partial charge >= 0.3 is 0 Å². The van der Waals surface area contributed by atoms with Gasteiger partial charge in [0, 0.05) is 17.1 Å². The van der Waals surface area contributed by atoms with Crippen molar-refractivity contribution < 1.29 is 4.92 Å². The molecule has 1 aromatic rings. The van der Waals surface area contributed by atoms with Crippen molar-refractivity contribution in [1.82, 2.24) is 0 Å². The first kappa shape index (κ1) is 9.94. The minimum atomic E-state index is -0.529. The summed E-state index contributed by atoms with van der Waals surface area (Å²) in [5.74, 6) is 0. The van der Waals surface area contributed by atoms with Crippen LogP contribution in [0.5, 0.6) is 0 Å². The summed E-state index contributed by atoms with van der Waals surface area (Å²) in [4.78, 5) is 9.98. The number of halogens is 1. The van der Waals surface area contributed by atoms with Gasteiger partial charge in [-0.25, -0.2) is 0 Å². The van der Waals surface area contributed by atoms with Crippen LogP contribution in [0.1, 0.15) is 5.56 Å². The van der Waals surface area contributed by atoms with Crippen molar-refractivity contribution in [3.63, 3.8) is 0 Å². The quantitative estimate of drug-likeness (QED) is 0.468. The summed E-state index contributed by atoms with van der Waals surface area (Å²) in [7, 11) is 0. The van der Waals surface area contributed by atoms with E-state index in [9.17, 15) is 10.1 Å². The van der Waals surface area contributed by atoms with E-state index in [0.29, 0.717) is 10.0 Å². The summed E-state index contributed by atoms with van der Waals surface area (Å²) in [6.45, 7) is 0.187. The molecule has 70 valence electrons. The molecule has 0 aliphatic carbocycles. The van der Waals surface area contributed by atoms with Crippen molar-refractivity contribution >= 4 is 27.3 Å². The third kappa shape index (κ3) is 1.96. The highest BCUT2D eigenvalue weighted by Gasteiger charge is 2.15. The van der Waals surface area contributed by atoms with Crippen LogP contribution in [0.15, 0.2) is 16.6 Å². The molecule has 0 saturated carbocycles. The molecular formula is C7H8BrN3O2. The second kappa shape index (κ2) is 3.71. The third-order valence-electron chi connectivity index (χ3n) is 1.63. The lowest BCUT2D eigenvalue weighted by Crippen LogP contribution is -2.04. The highest BCUT2D eigenvalue weighted by Crippen LogP contribution is 2.29. The molecule has 1 rings (SSSR count). The Morgan fingerprint density at radius 2 is 2.15 bits per heavy atom. The molecule has 6 heteroatoms. The van der Waals surface area contributed by atoms with Gasteiger partial charge in [-0.3, -0.25) is 10.1 Å². The van der Waals surface area contributed by atoms with E-state index in [2.05, 4.69) is 15.9 Å². The van der Waals surface area contributed by atoms with Crippen LogP contribution in [0.25, 0.3) is 0 Å². The van der Waals surface area contributed by atoms with E-state index in [1.54, 1.807) is 6.07 Å². The number of nitro groups is 1. The van der Waals surface area contributed by atoms with Gasteiger partial charge in [0.1, 0.15) is 5.69 Å². The fourth-order valence-corrected chi connectivity index (χ4v) is 1.47. The number of benzene rings is 1. The molecule has 0 heterocycles. The molecule has 0 amide bonds. The molecule has 13 heavy (non-hydrogen) atoms. The minimum Gasteiger partial charge on any atom is -0.393 e. The fraction of sp³-hybridized carbons (Fsp3) is 0.143. The average molecular weight is 246 g/mol. The molecule has 0 saturated heterocycles. The van der Waals surface area contributed by atoms with Gasteiger partial charge in [-0.1, -0.05) is 15.9 Å². The maximum Gasteiger partial charge on any atom is 0.293 e. The lowest BCUT2D eigenvalue weighted by molar-refractivity contribution is -0.384. The van der Waals surface area contributed by atoms with E-state index in [1.165, 1.54) is 6.07 Å². The maximum absolute atomic E-state index is 10.5. The summed E-state index contributed by atoms with van der Waals surface area (Å²) in [6, 6.07) is 3.02. The zero-order chi connectivity index (χ0) is 10.0. The first-order valence-corrected chi connectivity index (χ1v) is 4.28. The van der Waals surface area contributed by atoms with E-state index >= 15 is 0 Å². The minimum absolute atomic E-state index is 0.116. The van der Waals surface area contributed by atoms with E-state index in [-0.39, 0.29) is 17.9 Å². The highest BCUT2D eigenvalue weighted by atomic mass is 79.9. The molecule has 1 aromatic carbocycles. The molecule has 4 N–H and O–H groups in total. The molecule has 5 nitrogen and oxygen atoms in total. The van der Waals surface area contributed by atoms with Crippen molar-refractivity contribution in [3.05, 3.63) is 32.3 Å². The van der Waals surface area contributed by atoms with Crippen molar-refractivity contribution in [3.8, 4) is 0 Å². The standard InChI is InChI=1S/C7H8BrN3O2/c8-5-1-4(3-9)7(10)6(2-5)11(12)13/h1-2H,3,9-10H2. The number of hydrogen-bond donors (Lipinski definition) is 2. The lowest BCUT2D eigenvalue weighted by Gasteiger charge is -2.03. The number of nitro benzene ring substituents is 1. The van der Waals surface area contributed by atoms with E-state index < -0.39 is 4.92 Å². The number of nitrogens with zero attached hydrogens (tertiary/aromatic N) is 1. The van der Waals surface area contributed by atoms with E-state index in [0.717, 1.165) is 0 Å². The molecule has 0 fully saturated rings. The van der Waals surface area contributed by atoms with E-state index in [4.69, 9.17) is 11.5 Å². The zero-order valence-electron chi connectivity index (χ0n) is 6.66. The predicted molar refractivity (Wildman–Crippen MR) is 53.1 cm³/mol. The van der Waals surface area contributed by atoms with Crippen LogP contribution in [0.2, 0.25) is 0 Å². The molecule has 0 spiro atoms. The molecule has 0 radical (unpaired) electrons. The predicted octanol–water partition coefficient (Wildman–Crippen LogP) is 1.40. The zero-order valence-corrected chi connectivity index (χ0v) is 8.24. The summed E-state index contributed by atoms with van der Waals surface area (Å²) in [5.41, 5.74) is 11.5. The second-order valence-electron chi connectivity index (χ2n) is 2.46. The lowest BCUT2D eigenvalue weighted by atomic mass is 10.1. The molecule has 0 aliphatic heterocycles. The first-order valence-electron chi connectivity index (χ1n) is 3.48. The maximum atomic E-state index is 10.5. The monoisotopic (exact) mass is 245 g/mol. The Morgan fingerprint density at radius 1 is 1.54 bits per heavy atom. The van der Waals surface area contributed by atoms with Gasteiger partial charge in [0.25, 0.3) is 5.69 Å². The Bertz CT molecular complexity index is 354. The SMILES string of the molecule is NCc1cc(Br)cc([N+](=O)[O-])c1N. The topological polar surface area (TPSA) is 95.2 Å². The van der Waals surface area contributed by atoms with Crippen LogP contribution in [0.4, 0.5) is 11.4 Å². The first-order chi connectivity index (χ1) is 6.06. The van der Waals surface area contributed by atoms with Crippen LogP contribution < -0.4 is 11.5 Å². The van der Waals surface area contributed by atoms with Gasteiger partial charge in [0.05, 0.1) is 4.92 Å². The van der Waals surface area contributed by atoms with Crippen molar-refractivity contribution in [2.45, 2.75) is 6.54 Å². The summed E-state index contributed by atoms with van der Waals surface area (Å²) >= 11 is 3.14. The number of rotatable bonds is 2. The highest BCUT2D eigenvalue weighted by molar-refractivity contribution is 9.10. The Balaban J connectivity index is 3.35. The average Bonchev–Trinajstić information content (AvgIpc) is 2.08. The normalized spacial score (nSPS) is 10.0. The third-order valence-corrected chi connectivity index (χ3v) is 2.08. The van der Waals surface area contributed by atoms with E-state index in [1.807, 2.05) is 0 Å². The Hall–Kier alpha value is -1.14. The molecule has 0 unspecified atom stereocenters. The smallest absolute Gasteiger partial charge is 0.293 e. The summed E-state index contributed by atoms with van der Waals surface area (Å²) < 4.78 is 0.605. The molecule has 0 aliphatic rings. The Labute approximate surface area is 83.0 Å². The largest absolute Gasteiger partial charge is 0.393 e. The van der Waals surface area contributed by atoms with Crippen LogP contribution in [-0.4, -0.2) is 4.92 Å². The van der Waals surface area contributed by atoms with Gasteiger partial charge in [-0.05, 0) is 11.6 Å². The number of anilines is 1. The summed E-state index contributed by atoms with van der Waals surface area (Å²) in [6.07, 6.45) is 0. The van der Waals surface area contributed by atoms with Crippen LogP contribution in [0, 0.1) is 10.1 Å². The van der Waals surface area contributed by atoms with Crippen molar-refractivity contribution in [2.75, 3.05) is 5.73 Å².